The molecule has 1 aliphatic carbocycles. The first-order valence-corrected chi connectivity index (χ1v) is 5.51. The molecule has 0 heterocycles. The highest BCUT2D eigenvalue weighted by molar-refractivity contribution is 5.90. The van der Waals surface area contributed by atoms with Crippen molar-refractivity contribution in [3.8, 4) is 0 Å². The fraction of sp³-hybridized carbons (Fsp3) is 0.385. The average Bonchev–Trinajstić information content (AvgIpc) is 2.30. The Morgan fingerprint density at radius 3 is 2.39 bits per heavy atom. The molecule has 18 heavy (non-hydrogen) atoms. The molecule has 0 aliphatic heterocycles. The smallest absolute Gasteiger partial charge is 0.331 e. The van der Waals surface area contributed by atoms with E-state index in [4.69, 9.17) is 15.3 Å². The average molecular weight is 254 g/mol. The van der Waals surface area contributed by atoms with Crippen molar-refractivity contribution >= 4 is 11.9 Å². The molecule has 0 amide bonds. The molecule has 100 valence electrons. The van der Waals surface area contributed by atoms with Gasteiger partial charge in [-0.05, 0) is 19.8 Å². The molecule has 0 spiro atoms. The number of hydrogen-bond donors (Lipinski definition) is 3. The molecule has 0 saturated heterocycles. The van der Waals surface area contributed by atoms with Gasteiger partial charge in [-0.25, -0.2) is 4.79 Å². The topological polar surface area (TPSA) is 94.8 Å². The summed E-state index contributed by atoms with van der Waals surface area (Å²) >= 11 is 0. The van der Waals surface area contributed by atoms with Gasteiger partial charge < -0.3 is 15.3 Å². The second-order valence-electron chi connectivity index (χ2n) is 4.05. The van der Waals surface area contributed by atoms with Crippen LogP contribution in [0.25, 0.3) is 0 Å². The predicted octanol–water partition coefficient (Wildman–Crippen LogP) is 2.52. The molecule has 0 aromatic carbocycles. The molecule has 1 aliphatic rings. The number of rotatable bonds is 3. The van der Waals surface area contributed by atoms with Crippen LogP contribution in [0.15, 0.2) is 36.1 Å². The van der Waals surface area contributed by atoms with E-state index in [1.54, 1.807) is 6.08 Å². The van der Waals surface area contributed by atoms with Crippen molar-refractivity contribution in [3.63, 3.8) is 0 Å². The lowest BCUT2D eigenvalue weighted by Gasteiger charge is -2.23. The Morgan fingerprint density at radius 1 is 1.44 bits per heavy atom. The highest BCUT2D eigenvalue weighted by atomic mass is 16.4. The van der Waals surface area contributed by atoms with Gasteiger partial charge in [0.1, 0.15) is 0 Å². The molecule has 5 heteroatoms. The van der Waals surface area contributed by atoms with Gasteiger partial charge in [0, 0.05) is 5.57 Å². The standard InChI is InChI=1S/C9H10O4.C4H8O/c1-9(8(12)13)4-2-3-6(5-9)7(10)11;1-2-3-4-5/h2-4H,5H2,1H3,(H,10,11)(H,12,13);3-5H,2H2,1H3. The third-order valence-electron chi connectivity index (χ3n) is 2.42. The summed E-state index contributed by atoms with van der Waals surface area (Å²) in [5, 5.41) is 25.4. The number of aliphatic hydroxyl groups excluding tert-OH is 1. The monoisotopic (exact) mass is 254 g/mol. The molecular formula is C13H18O5. The van der Waals surface area contributed by atoms with Crippen molar-refractivity contribution in [1.29, 1.82) is 0 Å². The van der Waals surface area contributed by atoms with Crippen molar-refractivity contribution in [1.82, 2.24) is 0 Å². The van der Waals surface area contributed by atoms with E-state index in [9.17, 15) is 9.59 Å². The largest absolute Gasteiger partial charge is 0.516 e. The zero-order valence-electron chi connectivity index (χ0n) is 10.5. The number of aliphatic carboxylic acids is 2. The van der Waals surface area contributed by atoms with E-state index in [1.165, 1.54) is 25.2 Å². The van der Waals surface area contributed by atoms with Crippen LogP contribution in [0.4, 0.5) is 0 Å². The predicted molar refractivity (Wildman–Crippen MR) is 67.3 cm³/mol. The third kappa shape index (κ3) is 4.86. The quantitative estimate of drug-likeness (QED) is 0.673. The lowest BCUT2D eigenvalue weighted by Crippen LogP contribution is -2.28. The molecule has 1 unspecified atom stereocenters. The molecule has 3 N–H and O–H groups in total. The van der Waals surface area contributed by atoms with Crippen molar-refractivity contribution in [2.45, 2.75) is 26.7 Å². The Hall–Kier alpha value is -2.04. The van der Waals surface area contributed by atoms with Gasteiger partial charge in [0.2, 0.25) is 0 Å². The number of carboxylic acids is 2. The normalized spacial score (nSPS) is 22.0. The van der Waals surface area contributed by atoms with Crippen molar-refractivity contribution < 1.29 is 24.9 Å². The first kappa shape index (κ1) is 16.0. The highest BCUT2D eigenvalue weighted by Gasteiger charge is 2.34. The van der Waals surface area contributed by atoms with E-state index in [0.29, 0.717) is 0 Å². The molecule has 1 rings (SSSR count). The van der Waals surface area contributed by atoms with Crippen molar-refractivity contribution in [2.24, 2.45) is 5.41 Å². The van der Waals surface area contributed by atoms with Crippen LogP contribution in [0.1, 0.15) is 26.7 Å². The maximum atomic E-state index is 10.8. The van der Waals surface area contributed by atoms with Crippen LogP contribution in [-0.2, 0) is 9.59 Å². The van der Waals surface area contributed by atoms with E-state index in [1.807, 2.05) is 6.92 Å². The van der Waals surface area contributed by atoms with E-state index < -0.39 is 17.4 Å². The van der Waals surface area contributed by atoms with Gasteiger partial charge in [0.25, 0.3) is 0 Å². The molecule has 0 aromatic rings. The minimum absolute atomic E-state index is 0.0359. The molecule has 0 saturated carbocycles. The van der Waals surface area contributed by atoms with Gasteiger partial charge in [-0.3, -0.25) is 4.79 Å². The Morgan fingerprint density at radius 2 is 2.06 bits per heavy atom. The fourth-order valence-corrected chi connectivity index (χ4v) is 1.29. The van der Waals surface area contributed by atoms with Crippen LogP contribution in [0.2, 0.25) is 0 Å². The summed E-state index contributed by atoms with van der Waals surface area (Å²) in [5.74, 6) is -2.06. The number of aliphatic hydroxyl groups is 1. The SMILES string of the molecule is CC1(C(=O)O)C=CC=C(C(=O)O)C1.CCC=CO. The molecule has 0 fully saturated rings. The Balaban J connectivity index is 0.000000494. The van der Waals surface area contributed by atoms with Crippen molar-refractivity contribution in [2.75, 3.05) is 0 Å². The number of hydrogen-bond acceptors (Lipinski definition) is 3. The molecule has 1 atom stereocenters. The lowest BCUT2D eigenvalue weighted by atomic mass is 9.80. The number of allylic oxidation sites excluding steroid dienone is 3. The highest BCUT2D eigenvalue weighted by Crippen LogP contribution is 2.31. The van der Waals surface area contributed by atoms with E-state index in [2.05, 4.69) is 0 Å². The van der Waals surface area contributed by atoms with Crippen molar-refractivity contribution in [3.05, 3.63) is 36.1 Å². The van der Waals surface area contributed by atoms with E-state index >= 15 is 0 Å². The summed E-state index contributed by atoms with van der Waals surface area (Å²) in [6.07, 6.45) is 8.08. The minimum Gasteiger partial charge on any atom is -0.516 e. The van der Waals surface area contributed by atoms with E-state index in [0.717, 1.165) is 12.7 Å². The molecular weight excluding hydrogens is 236 g/mol. The second-order valence-corrected chi connectivity index (χ2v) is 4.05. The zero-order chi connectivity index (χ0) is 14.2. The molecule has 0 aromatic heterocycles. The first-order valence-electron chi connectivity index (χ1n) is 5.51. The van der Waals surface area contributed by atoms with Crippen LogP contribution >= 0.6 is 0 Å². The molecule has 0 bridgehead atoms. The van der Waals surface area contributed by atoms with Gasteiger partial charge in [-0.15, -0.1) is 0 Å². The second kappa shape index (κ2) is 7.32. The minimum atomic E-state index is -1.08. The fourth-order valence-electron chi connectivity index (χ4n) is 1.29. The Kier molecular flexibility index (Phi) is 6.49. The lowest BCUT2D eigenvalue weighted by molar-refractivity contribution is -0.145. The summed E-state index contributed by atoms with van der Waals surface area (Å²) in [6.45, 7) is 3.47. The Bertz CT molecular complexity index is 392. The van der Waals surface area contributed by atoms with Crippen LogP contribution in [0.3, 0.4) is 0 Å². The number of carbonyl (C=O) groups is 2. The molecule has 5 nitrogen and oxygen atoms in total. The molecule has 0 radical (unpaired) electrons. The van der Waals surface area contributed by atoms with Crippen LogP contribution < -0.4 is 0 Å². The van der Waals surface area contributed by atoms with Gasteiger partial charge in [0.05, 0.1) is 11.7 Å². The summed E-state index contributed by atoms with van der Waals surface area (Å²) in [5.41, 5.74) is -0.949. The third-order valence-corrected chi connectivity index (χ3v) is 2.42. The summed E-state index contributed by atoms with van der Waals surface area (Å²) in [6, 6.07) is 0. The van der Waals surface area contributed by atoms with Gasteiger partial charge in [-0.2, -0.15) is 0 Å². The zero-order valence-corrected chi connectivity index (χ0v) is 10.5. The van der Waals surface area contributed by atoms with Gasteiger partial charge in [0.15, 0.2) is 0 Å². The maximum absolute atomic E-state index is 10.8. The van der Waals surface area contributed by atoms with Crippen LogP contribution in [0.5, 0.6) is 0 Å². The Labute approximate surface area is 106 Å². The maximum Gasteiger partial charge on any atom is 0.331 e. The van der Waals surface area contributed by atoms with Crippen LogP contribution in [0, 0.1) is 5.41 Å². The van der Waals surface area contributed by atoms with Crippen LogP contribution in [-0.4, -0.2) is 27.3 Å². The summed E-state index contributed by atoms with van der Waals surface area (Å²) in [7, 11) is 0. The first-order chi connectivity index (χ1) is 8.37. The summed E-state index contributed by atoms with van der Waals surface area (Å²) in [4.78, 5) is 21.3. The van der Waals surface area contributed by atoms with Gasteiger partial charge in [-0.1, -0.05) is 31.2 Å². The van der Waals surface area contributed by atoms with E-state index in [-0.39, 0.29) is 12.0 Å². The summed E-state index contributed by atoms with van der Waals surface area (Å²) < 4.78 is 0. The van der Waals surface area contributed by atoms with Gasteiger partial charge >= 0.3 is 11.9 Å². The number of carboxylic acid groups (broad SMARTS) is 2.